The van der Waals surface area contributed by atoms with Gasteiger partial charge in [-0.2, -0.15) is 13.1 Å². The average molecular weight is 316 g/mol. The molecule has 1 atom stereocenters. The Balaban J connectivity index is 2.74. The highest BCUT2D eigenvalue weighted by Gasteiger charge is 2.24. The van der Waals surface area contributed by atoms with Crippen molar-refractivity contribution in [2.45, 2.75) is 26.3 Å². The van der Waals surface area contributed by atoms with Crippen molar-refractivity contribution >= 4 is 16.2 Å². The van der Waals surface area contributed by atoms with Crippen LogP contribution in [-0.2, 0) is 21.4 Å². The molecule has 1 unspecified atom stereocenters. The fraction of sp³-hybridized carbons (Fsp3) is 0.462. The molecule has 0 radical (unpaired) electrons. The number of aliphatic carboxylic acids is 1. The van der Waals surface area contributed by atoms with Crippen molar-refractivity contribution in [2.75, 3.05) is 6.54 Å². The molecule has 1 aromatic rings. The Hall–Kier alpha value is -1.64. The van der Waals surface area contributed by atoms with Crippen LogP contribution in [0.1, 0.15) is 19.4 Å². The summed E-state index contributed by atoms with van der Waals surface area (Å²) in [5.74, 6) is -1.09. The van der Waals surface area contributed by atoms with Crippen molar-refractivity contribution in [3.05, 3.63) is 29.8 Å². The molecule has 0 aromatic heterocycles. The van der Waals surface area contributed by atoms with Gasteiger partial charge in [-0.3, -0.25) is 4.79 Å². The van der Waals surface area contributed by atoms with E-state index in [9.17, 15) is 18.3 Å². The van der Waals surface area contributed by atoms with Gasteiger partial charge in [0.2, 0.25) is 0 Å². The maximum absolute atomic E-state index is 11.8. The highest BCUT2D eigenvalue weighted by Crippen LogP contribution is 2.11. The highest BCUT2D eigenvalue weighted by atomic mass is 32.2. The predicted molar refractivity (Wildman–Crippen MR) is 78.1 cm³/mol. The van der Waals surface area contributed by atoms with E-state index in [0.29, 0.717) is 5.56 Å². The molecular weight excluding hydrogens is 296 g/mol. The number of hydrogen-bond acceptors (Lipinski definition) is 4. The van der Waals surface area contributed by atoms with E-state index >= 15 is 0 Å². The van der Waals surface area contributed by atoms with Crippen molar-refractivity contribution in [2.24, 2.45) is 5.92 Å². The fourth-order valence-corrected chi connectivity index (χ4v) is 2.75. The Labute approximate surface area is 124 Å². The lowest BCUT2D eigenvalue weighted by Gasteiger charge is -2.16. The third-order valence-electron chi connectivity index (χ3n) is 2.65. The van der Waals surface area contributed by atoms with Gasteiger partial charge in [0.05, 0.1) is 0 Å². The van der Waals surface area contributed by atoms with Crippen molar-refractivity contribution in [1.82, 2.24) is 9.44 Å². The molecule has 7 nitrogen and oxygen atoms in total. The molecule has 1 rings (SSSR count). The zero-order chi connectivity index (χ0) is 16.0. The maximum atomic E-state index is 11.8. The van der Waals surface area contributed by atoms with Gasteiger partial charge in [-0.1, -0.05) is 26.0 Å². The summed E-state index contributed by atoms with van der Waals surface area (Å²) in [7, 11) is -3.88. The van der Waals surface area contributed by atoms with E-state index in [1.54, 1.807) is 12.1 Å². The minimum Gasteiger partial charge on any atom is -0.508 e. The largest absolute Gasteiger partial charge is 0.508 e. The minimum absolute atomic E-state index is 0.0157. The van der Waals surface area contributed by atoms with E-state index in [4.69, 9.17) is 5.11 Å². The molecule has 0 saturated heterocycles. The third-order valence-corrected chi connectivity index (χ3v) is 3.79. The molecule has 0 aliphatic carbocycles. The normalized spacial score (nSPS) is 13.3. The van der Waals surface area contributed by atoms with E-state index in [0.717, 1.165) is 0 Å². The van der Waals surface area contributed by atoms with Gasteiger partial charge in [-0.15, -0.1) is 0 Å². The summed E-state index contributed by atoms with van der Waals surface area (Å²) in [6, 6.07) is 4.64. The van der Waals surface area contributed by atoms with E-state index in [1.165, 1.54) is 12.1 Å². The van der Waals surface area contributed by atoms with Crippen LogP contribution in [0.5, 0.6) is 5.75 Å². The van der Waals surface area contributed by atoms with Crippen LogP contribution in [-0.4, -0.2) is 37.2 Å². The summed E-state index contributed by atoms with van der Waals surface area (Å²) in [4.78, 5) is 11.2. The maximum Gasteiger partial charge on any atom is 0.322 e. The number of carboxylic acids is 1. The second-order valence-electron chi connectivity index (χ2n) is 5.12. The van der Waals surface area contributed by atoms with Crippen LogP contribution in [0.25, 0.3) is 0 Å². The number of carboxylic acid groups (broad SMARTS) is 1. The monoisotopic (exact) mass is 316 g/mol. The van der Waals surface area contributed by atoms with E-state index in [2.05, 4.69) is 9.44 Å². The molecule has 1 aromatic carbocycles. The van der Waals surface area contributed by atoms with Gasteiger partial charge in [0.25, 0.3) is 10.2 Å². The second-order valence-corrected chi connectivity index (χ2v) is 6.66. The molecular formula is C13H20N2O5S. The molecule has 0 bridgehead atoms. The second kappa shape index (κ2) is 7.39. The quantitative estimate of drug-likeness (QED) is 0.556. The number of phenols is 1. The van der Waals surface area contributed by atoms with Crippen LogP contribution in [0.15, 0.2) is 24.3 Å². The lowest BCUT2D eigenvalue weighted by atomic mass is 10.1. The first-order valence-electron chi connectivity index (χ1n) is 6.47. The summed E-state index contributed by atoms with van der Waals surface area (Å²) in [5, 5.41) is 18.3. The van der Waals surface area contributed by atoms with Crippen molar-refractivity contribution in [3.63, 3.8) is 0 Å². The summed E-state index contributed by atoms with van der Waals surface area (Å²) >= 11 is 0. The molecule has 8 heteroatoms. The topological polar surface area (TPSA) is 116 Å². The molecule has 0 aliphatic heterocycles. The third kappa shape index (κ3) is 6.56. The first-order chi connectivity index (χ1) is 9.69. The van der Waals surface area contributed by atoms with Crippen LogP contribution < -0.4 is 9.44 Å². The van der Waals surface area contributed by atoms with E-state index in [1.807, 2.05) is 13.8 Å². The fourth-order valence-electron chi connectivity index (χ4n) is 1.55. The van der Waals surface area contributed by atoms with Gasteiger partial charge in [0.1, 0.15) is 11.8 Å². The van der Waals surface area contributed by atoms with Gasteiger partial charge in [-0.25, -0.2) is 4.72 Å². The molecule has 0 spiro atoms. The first kappa shape index (κ1) is 17.4. The Morgan fingerprint density at radius 1 is 1.24 bits per heavy atom. The Kier molecular flexibility index (Phi) is 6.13. The van der Waals surface area contributed by atoms with Gasteiger partial charge < -0.3 is 10.2 Å². The SMILES string of the molecule is CC(C)CNS(=O)(=O)NC(Cc1ccc(O)cc1)C(=O)O. The Morgan fingerprint density at radius 2 is 1.81 bits per heavy atom. The standard InChI is InChI=1S/C13H20N2O5S/c1-9(2)8-14-21(19,20)15-12(13(17)18)7-10-3-5-11(16)6-4-10/h3-6,9,12,14-16H,7-8H2,1-2H3,(H,17,18). The van der Waals surface area contributed by atoms with Crippen molar-refractivity contribution < 1.29 is 23.4 Å². The number of nitrogens with one attached hydrogen (secondary N) is 2. The van der Waals surface area contributed by atoms with Gasteiger partial charge in [-0.05, 0) is 30.0 Å². The number of rotatable bonds is 8. The molecule has 0 heterocycles. The van der Waals surface area contributed by atoms with Crippen molar-refractivity contribution in [3.8, 4) is 5.75 Å². The molecule has 0 aliphatic rings. The number of carbonyl (C=O) groups is 1. The average Bonchev–Trinajstić information content (AvgIpc) is 2.38. The predicted octanol–water partition coefficient (Wildman–Crippen LogP) is 0.468. The molecule has 0 fully saturated rings. The number of hydrogen-bond donors (Lipinski definition) is 4. The van der Waals surface area contributed by atoms with Gasteiger partial charge >= 0.3 is 5.97 Å². The molecule has 4 N–H and O–H groups in total. The van der Waals surface area contributed by atoms with Gasteiger partial charge in [0.15, 0.2) is 0 Å². The summed E-state index contributed by atoms with van der Waals surface area (Å²) in [6.07, 6.45) is -0.0157. The summed E-state index contributed by atoms with van der Waals surface area (Å²) in [5.41, 5.74) is 0.603. The Bertz CT molecular complexity index is 569. The van der Waals surface area contributed by atoms with Crippen LogP contribution in [0.2, 0.25) is 0 Å². The van der Waals surface area contributed by atoms with Crippen LogP contribution in [0.3, 0.4) is 0 Å². The first-order valence-corrected chi connectivity index (χ1v) is 7.95. The molecule has 0 saturated carbocycles. The van der Waals surface area contributed by atoms with E-state index in [-0.39, 0.29) is 24.6 Å². The summed E-state index contributed by atoms with van der Waals surface area (Å²) < 4.78 is 27.9. The van der Waals surface area contributed by atoms with Crippen LogP contribution >= 0.6 is 0 Å². The Morgan fingerprint density at radius 3 is 2.29 bits per heavy atom. The number of aromatic hydroxyl groups is 1. The highest BCUT2D eigenvalue weighted by molar-refractivity contribution is 7.87. The lowest BCUT2D eigenvalue weighted by Crippen LogP contribution is -2.48. The number of phenolic OH excluding ortho intramolecular Hbond substituents is 1. The zero-order valence-corrected chi connectivity index (χ0v) is 12.7. The van der Waals surface area contributed by atoms with Gasteiger partial charge in [0, 0.05) is 6.54 Å². The zero-order valence-electron chi connectivity index (χ0n) is 11.9. The smallest absolute Gasteiger partial charge is 0.322 e. The minimum atomic E-state index is -3.88. The van der Waals surface area contributed by atoms with Crippen LogP contribution in [0, 0.1) is 5.92 Å². The lowest BCUT2D eigenvalue weighted by molar-refractivity contribution is -0.138. The molecule has 118 valence electrons. The van der Waals surface area contributed by atoms with Crippen molar-refractivity contribution in [1.29, 1.82) is 0 Å². The molecule has 0 amide bonds. The molecule has 21 heavy (non-hydrogen) atoms. The summed E-state index contributed by atoms with van der Waals surface area (Å²) in [6.45, 7) is 3.90. The van der Waals surface area contributed by atoms with E-state index < -0.39 is 22.2 Å². The van der Waals surface area contributed by atoms with Crippen LogP contribution in [0.4, 0.5) is 0 Å². The number of benzene rings is 1.